The van der Waals surface area contributed by atoms with Crippen molar-refractivity contribution in [1.29, 1.82) is 5.26 Å². The average Bonchev–Trinajstić information content (AvgIpc) is 3.32. The summed E-state index contributed by atoms with van der Waals surface area (Å²) in [7, 11) is 0. The Balaban J connectivity index is 1.20. The molecular formula is C26H24FN3O. The van der Waals surface area contributed by atoms with Crippen LogP contribution < -0.4 is 5.32 Å². The lowest BCUT2D eigenvalue weighted by Gasteiger charge is -2.17. The van der Waals surface area contributed by atoms with Crippen molar-refractivity contribution in [2.24, 2.45) is 17.8 Å². The van der Waals surface area contributed by atoms with Gasteiger partial charge in [0.15, 0.2) is 0 Å². The van der Waals surface area contributed by atoms with Gasteiger partial charge in [-0.15, -0.1) is 0 Å². The molecule has 2 aliphatic rings. The van der Waals surface area contributed by atoms with Gasteiger partial charge in [-0.1, -0.05) is 0 Å². The van der Waals surface area contributed by atoms with E-state index < -0.39 is 0 Å². The molecule has 0 aliphatic heterocycles. The molecule has 0 radical (unpaired) electrons. The maximum atomic E-state index is 13.8. The van der Waals surface area contributed by atoms with Crippen LogP contribution in [0.2, 0.25) is 0 Å². The highest BCUT2D eigenvalue weighted by Crippen LogP contribution is 2.53. The maximum absolute atomic E-state index is 13.8. The maximum Gasteiger partial charge on any atom is 0.224 e. The zero-order valence-electron chi connectivity index (χ0n) is 17.2. The van der Waals surface area contributed by atoms with Crippen molar-refractivity contribution < 1.29 is 9.18 Å². The molecule has 0 spiro atoms. The summed E-state index contributed by atoms with van der Waals surface area (Å²) in [5.41, 5.74) is 3.39. The van der Waals surface area contributed by atoms with Crippen molar-refractivity contribution in [3.05, 3.63) is 71.7 Å². The molecule has 5 heteroatoms. The minimum absolute atomic E-state index is 0.0434. The van der Waals surface area contributed by atoms with Gasteiger partial charge < -0.3 is 5.32 Å². The van der Waals surface area contributed by atoms with Gasteiger partial charge in [-0.05, 0) is 103 Å². The molecule has 2 aromatic carbocycles. The second-order valence-corrected chi connectivity index (χ2v) is 9.03. The van der Waals surface area contributed by atoms with Gasteiger partial charge in [-0.25, -0.2) is 4.39 Å². The van der Waals surface area contributed by atoms with E-state index in [9.17, 15) is 9.18 Å². The lowest BCUT2D eigenvalue weighted by Crippen LogP contribution is -2.15. The molecule has 3 aromatic rings. The Morgan fingerprint density at radius 1 is 1.06 bits per heavy atom. The number of hydrogen-bond acceptors (Lipinski definition) is 3. The Morgan fingerprint density at radius 2 is 1.81 bits per heavy atom. The van der Waals surface area contributed by atoms with Crippen LogP contribution in [0.4, 0.5) is 10.1 Å². The molecule has 2 saturated carbocycles. The molecule has 1 amide bonds. The van der Waals surface area contributed by atoms with Crippen molar-refractivity contribution in [3.63, 3.8) is 0 Å². The highest BCUT2D eigenvalue weighted by Gasteiger charge is 2.42. The van der Waals surface area contributed by atoms with E-state index in [1.807, 2.05) is 6.20 Å². The minimum Gasteiger partial charge on any atom is -0.326 e. The van der Waals surface area contributed by atoms with Crippen LogP contribution in [0.25, 0.3) is 10.9 Å². The third kappa shape index (κ3) is 4.03. The molecule has 1 N–H and O–H groups in total. The highest BCUT2D eigenvalue weighted by atomic mass is 19.1. The normalized spacial score (nSPS) is 24.6. The summed E-state index contributed by atoms with van der Waals surface area (Å²) in [6, 6.07) is 15.9. The van der Waals surface area contributed by atoms with E-state index in [-0.39, 0.29) is 11.7 Å². The lowest BCUT2D eigenvalue weighted by atomic mass is 9.89. The number of nitrogens with one attached hydrogen (secondary N) is 1. The molecule has 0 saturated heterocycles. The fourth-order valence-electron chi connectivity index (χ4n) is 5.76. The third-order valence-electron chi connectivity index (χ3n) is 7.06. The Kier molecular flexibility index (Phi) is 5.15. The summed E-state index contributed by atoms with van der Waals surface area (Å²) in [5, 5.41) is 12.8. The number of anilines is 1. The molecule has 1 heterocycles. The van der Waals surface area contributed by atoms with Crippen molar-refractivity contribution in [1.82, 2.24) is 4.98 Å². The molecule has 5 rings (SSSR count). The van der Waals surface area contributed by atoms with E-state index in [0.29, 0.717) is 35.7 Å². The SMILES string of the molecule is N#Cc1ccc(NC(=O)CC2C[C@@H]3CC(c4ccnc5ccc(F)cc45)C[C@@H]3C2)cc1. The summed E-state index contributed by atoms with van der Waals surface area (Å²) in [5.74, 6) is 1.95. The van der Waals surface area contributed by atoms with Crippen LogP contribution in [-0.4, -0.2) is 10.9 Å². The Morgan fingerprint density at radius 3 is 2.52 bits per heavy atom. The third-order valence-corrected chi connectivity index (χ3v) is 7.06. The van der Waals surface area contributed by atoms with Crippen LogP contribution in [0.3, 0.4) is 0 Å². The average molecular weight is 413 g/mol. The van der Waals surface area contributed by atoms with E-state index >= 15 is 0 Å². The van der Waals surface area contributed by atoms with Gasteiger partial charge in [0, 0.05) is 23.7 Å². The van der Waals surface area contributed by atoms with E-state index in [1.165, 1.54) is 11.6 Å². The van der Waals surface area contributed by atoms with Gasteiger partial charge in [-0.2, -0.15) is 5.26 Å². The summed E-state index contributed by atoms with van der Waals surface area (Å²) < 4.78 is 13.8. The van der Waals surface area contributed by atoms with Gasteiger partial charge in [0.25, 0.3) is 0 Å². The number of nitriles is 1. The van der Waals surface area contributed by atoms with Crippen molar-refractivity contribution in [3.8, 4) is 6.07 Å². The number of aromatic nitrogens is 1. The first-order valence-electron chi connectivity index (χ1n) is 10.9. The molecule has 4 atom stereocenters. The molecule has 0 bridgehead atoms. The fraction of sp³-hybridized carbons (Fsp3) is 0.346. The topological polar surface area (TPSA) is 65.8 Å². The second-order valence-electron chi connectivity index (χ2n) is 9.03. The molecule has 2 fully saturated rings. The molecule has 4 nitrogen and oxygen atoms in total. The molecule has 2 aliphatic carbocycles. The van der Waals surface area contributed by atoms with Crippen LogP contribution >= 0.6 is 0 Å². The smallest absolute Gasteiger partial charge is 0.224 e. The second kappa shape index (κ2) is 8.11. The number of fused-ring (bicyclic) bond motifs is 2. The van der Waals surface area contributed by atoms with E-state index in [0.717, 1.165) is 42.3 Å². The van der Waals surface area contributed by atoms with Crippen molar-refractivity contribution in [2.45, 2.75) is 38.0 Å². The number of halogens is 1. The molecule has 156 valence electrons. The first kappa shape index (κ1) is 19.7. The number of carbonyl (C=O) groups is 1. The van der Waals surface area contributed by atoms with Crippen molar-refractivity contribution >= 4 is 22.5 Å². The Bertz CT molecular complexity index is 1150. The summed E-state index contributed by atoms with van der Waals surface area (Å²) >= 11 is 0. The molecule has 2 unspecified atom stereocenters. The number of pyridine rings is 1. The van der Waals surface area contributed by atoms with E-state index in [2.05, 4.69) is 22.4 Å². The summed E-state index contributed by atoms with van der Waals surface area (Å²) in [4.78, 5) is 16.9. The van der Waals surface area contributed by atoms with Crippen LogP contribution in [0, 0.1) is 34.9 Å². The van der Waals surface area contributed by atoms with Crippen molar-refractivity contribution in [2.75, 3.05) is 5.32 Å². The number of carbonyl (C=O) groups excluding carboxylic acids is 1. The number of amides is 1. The van der Waals surface area contributed by atoms with Gasteiger partial charge in [0.2, 0.25) is 5.91 Å². The standard InChI is InChI=1S/C26H24FN3O/c27-21-3-6-25-24(14-21)23(7-8-29-25)20-12-18-9-17(10-19(18)13-20)11-26(31)30-22-4-1-16(15-28)2-5-22/h1-8,14,17-20H,9-13H2,(H,30,31)/t17?,18-,19+,20?. The quantitative estimate of drug-likeness (QED) is 0.588. The number of hydrogen-bond donors (Lipinski definition) is 1. The first-order valence-corrected chi connectivity index (χ1v) is 10.9. The van der Waals surface area contributed by atoms with Gasteiger partial charge in [0.05, 0.1) is 17.1 Å². The summed E-state index contributed by atoms with van der Waals surface area (Å²) in [6.45, 7) is 0. The van der Waals surface area contributed by atoms with Crippen LogP contribution in [0.1, 0.15) is 49.1 Å². The van der Waals surface area contributed by atoms with Crippen LogP contribution in [0.5, 0.6) is 0 Å². The van der Waals surface area contributed by atoms with E-state index in [1.54, 1.807) is 36.4 Å². The lowest BCUT2D eigenvalue weighted by molar-refractivity contribution is -0.117. The fourth-order valence-corrected chi connectivity index (χ4v) is 5.76. The predicted molar refractivity (Wildman–Crippen MR) is 118 cm³/mol. The molecule has 1 aromatic heterocycles. The van der Waals surface area contributed by atoms with E-state index in [4.69, 9.17) is 5.26 Å². The molecule has 31 heavy (non-hydrogen) atoms. The predicted octanol–water partition coefficient (Wildman–Crippen LogP) is 5.79. The summed E-state index contributed by atoms with van der Waals surface area (Å²) in [6.07, 6.45) is 6.75. The Hall–Kier alpha value is -3.26. The van der Waals surface area contributed by atoms with Gasteiger partial charge in [-0.3, -0.25) is 9.78 Å². The zero-order chi connectivity index (χ0) is 21.4. The monoisotopic (exact) mass is 413 g/mol. The minimum atomic E-state index is -0.215. The molecular weight excluding hydrogens is 389 g/mol. The highest BCUT2D eigenvalue weighted by molar-refractivity contribution is 5.90. The Labute approximate surface area is 181 Å². The number of nitrogens with zero attached hydrogens (tertiary/aromatic N) is 2. The van der Waals surface area contributed by atoms with Gasteiger partial charge in [0.1, 0.15) is 5.82 Å². The number of rotatable bonds is 4. The van der Waals surface area contributed by atoms with Gasteiger partial charge >= 0.3 is 0 Å². The zero-order valence-corrected chi connectivity index (χ0v) is 17.2. The van der Waals surface area contributed by atoms with Crippen LogP contribution in [-0.2, 0) is 4.79 Å². The van der Waals surface area contributed by atoms with Crippen LogP contribution in [0.15, 0.2) is 54.7 Å². The number of benzene rings is 2. The first-order chi connectivity index (χ1) is 15.1. The largest absolute Gasteiger partial charge is 0.326 e.